The van der Waals surface area contributed by atoms with Crippen molar-refractivity contribution in [2.24, 2.45) is 0 Å². The first kappa shape index (κ1) is 8.51. The predicted octanol–water partition coefficient (Wildman–Crippen LogP) is 1.96. The number of fused-ring (bicyclic) bond motifs is 1. The lowest BCUT2D eigenvalue weighted by Gasteiger charge is -2.13. The summed E-state index contributed by atoms with van der Waals surface area (Å²) in [5, 5.41) is 3.17. The Labute approximate surface area is 81.1 Å². The van der Waals surface area contributed by atoms with Crippen molar-refractivity contribution in [3.05, 3.63) is 23.0 Å². The van der Waals surface area contributed by atoms with E-state index in [9.17, 15) is 4.79 Å². The number of anilines is 1. The van der Waals surface area contributed by atoms with Crippen LogP contribution >= 0.6 is 11.6 Å². The van der Waals surface area contributed by atoms with Crippen molar-refractivity contribution >= 4 is 23.2 Å². The summed E-state index contributed by atoms with van der Waals surface area (Å²) in [6.07, 6.45) is 0. The number of rotatable bonds is 0. The average molecular weight is 197 g/mol. The molecule has 2 heterocycles. The highest BCUT2D eigenvalue weighted by molar-refractivity contribution is 6.29. The Morgan fingerprint density at radius 3 is 2.85 bits per heavy atom. The minimum atomic E-state index is -0.569. The molecule has 0 aliphatic carbocycles. The molecule has 1 aliphatic rings. The number of hydrogen-bond donors (Lipinski definition) is 1. The molecule has 0 bridgehead atoms. The van der Waals surface area contributed by atoms with Crippen molar-refractivity contribution in [2.45, 2.75) is 19.3 Å². The van der Waals surface area contributed by atoms with Gasteiger partial charge in [0, 0.05) is 0 Å². The molecule has 1 aliphatic heterocycles. The molecular formula is C9H9ClN2O. The van der Waals surface area contributed by atoms with E-state index < -0.39 is 5.41 Å². The Bertz CT molecular complexity index is 387. The molecule has 0 saturated carbocycles. The van der Waals surface area contributed by atoms with E-state index >= 15 is 0 Å². The van der Waals surface area contributed by atoms with Gasteiger partial charge in [0.15, 0.2) is 0 Å². The molecule has 0 aromatic carbocycles. The molecule has 1 N–H and O–H groups in total. The number of carbonyl (C=O) groups excluding carboxylic acids is 1. The third-order valence-corrected chi connectivity index (χ3v) is 2.48. The van der Waals surface area contributed by atoms with Crippen molar-refractivity contribution in [3.63, 3.8) is 0 Å². The second-order valence-electron chi connectivity index (χ2n) is 3.61. The predicted molar refractivity (Wildman–Crippen MR) is 50.9 cm³/mol. The zero-order valence-electron chi connectivity index (χ0n) is 7.39. The van der Waals surface area contributed by atoms with Gasteiger partial charge in [-0.1, -0.05) is 11.6 Å². The second kappa shape index (κ2) is 2.45. The fourth-order valence-electron chi connectivity index (χ4n) is 1.40. The van der Waals surface area contributed by atoms with E-state index in [1.54, 1.807) is 12.1 Å². The highest BCUT2D eigenvalue weighted by Gasteiger charge is 2.39. The van der Waals surface area contributed by atoms with Gasteiger partial charge in [-0.25, -0.2) is 4.98 Å². The third-order valence-electron chi connectivity index (χ3n) is 2.27. The summed E-state index contributed by atoms with van der Waals surface area (Å²) in [4.78, 5) is 15.6. The molecule has 1 amide bonds. The topological polar surface area (TPSA) is 42.0 Å². The molecule has 13 heavy (non-hydrogen) atoms. The lowest BCUT2D eigenvalue weighted by atomic mass is 9.90. The van der Waals surface area contributed by atoms with E-state index in [1.807, 2.05) is 13.8 Å². The maximum Gasteiger partial charge on any atom is 0.236 e. The monoisotopic (exact) mass is 196 g/mol. The van der Waals surface area contributed by atoms with Gasteiger partial charge in [0.2, 0.25) is 5.91 Å². The third kappa shape index (κ3) is 1.11. The van der Waals surface area contributed by atoms with E-state index in [4.69, 9.17) is 11.6 Å². The fraction of sp³-hybridized carbons (Fsp3) is 0.333. The Morgan fingerprint density at radius 2 is 2.15 bits per heavy atom. The van der Waals surface area contributed by atoms with Gasteiger partial charge in [0.25, 0.3) is 0 Å². The van der Waals surface area contributed by atoms with Crippen LogP contribution in [-0.4, -0.2) is 10.9 Å². The van der Waals surface area contributed by atoms with Crippen LogP contribution in [0.5, 0.6) is 0 Å². The number of pyridine rings is 1. The molecule has 0 fully saturated rings. The number of nitrogens with zero attached hydrogens (tertiary/aromatic N) is 1. The van der Waals surface area contributed by atoms with Gasteiger partial charge in [-0.15, -0.1) is 0 Å². The number of aromatic nitrogens is 1. The van der Waals surface area contributed by atoms with Crippen molar-refractivity contribution in [1.29, 1.82) is 0 Å². The average Bonchev–Trinajstić information content (AvgIpc) is 2.27. The Morgan fingerprint density at radius 1 is 1.46 bits per heavy atom. The summed E-state index contributed by atoms with van der Waals surface area (Å²) in [7, 11) is 0. The molecule has 3 nitrogen and oxygen atoms in total. The number of hydrogen-bond acceptors (Lipinski definition) is 2. The van der Waals surface area contributed by atoms with Crippen LogP contribution in [-0.2, 0) is 10.2 Å². The van der Waals surface area contributed by atoms with Crippen LogP contribution < -0.4 is 5.32 Å². The van der Waals surface area contributed by atoms with Crippen LogP contribution in [0.1, 0.15) is 19.5 Å². The van der Waals surface area contributed by atoms with Crippen LogP contribution in [0.15, 0.2) is 12.1 Å². The summed E-state index contributed by atoms with van der Waals surface area (Å²) in [6, 6.07) is 3.44. The fourth-order valence-corrected chi connectivity index (χ4v) is 1.55. The Balaban J connectivity index is 2.64. The van der Waals surface area contributed by atoms with E-state index in [1.165, 1.54) is 0 Å². The summed E-state index contributed by atoms with van der Waals surface area (Å²) in [5.41, 5.74) is 0.921. The first-order chi connectivity index (χ1) is 6.01. The van der Waals surface area contributed by atoms with Crippen LogP contribution in [0.4, 0.5) is 5.69 Å². The van der Waals surface area contributed by atoms with Crippen LogP contribution in [0, 0.1) is 0 Å². The quantitative estimate of drug-likeness (QED) is 0.645. The summed E-state index contributed by atoms with van der Waals surface area (Å²) >= 11 is 5.75. The molecule has 0 atom stereocenters. The van der Waals surface area contributed by atoms with Crippen molar-refractivity contribution in [3.8, 4) is 0 Å². The summed E-state index contributed by atoms with van der Waals surface area (Å²) in [5.74, 6) is -0.0303. The van der Waals surface area contributed by atoms with Gasteiger partial charge in [-0.05, 0) is 26.0 Å². The first-order valence-corrected chi connectivity index (χ1v) is 4.38. The molecule has 0 unspecified atom stereocenters. The van der Waals surface area contributed by atoms with E-state index in [0.717, 1.165) is 11.4 Å². The summed E-state index contributed by atoms with van der Waals surface area (Å²) < 4.78 is 0. The number of halogens is 1. The van der Waals surface area contributed by atoms with Crippen molar-refractivity contribution in [2.75, 3.05) is 5.32 Å². The van der Waals surface area contributed by atoms with Gasteiger partial charge < -0.3 is 5.32 Å². The second-order valence-corrected chi connectivity index (χ2v) is 4.00. The van der Waals surface area contributed by atoms with Gasteiger partial charge in [0.05, 0.1) is 16.8 Å². The zero-order chi connectivity index (χ0) is 9.64. The minimum Gasteiger partial charge on any atom is -0.324 e. The first-order valence-electron chi connectivity index (χ1n) is 4.00. The molecule has 68 valence electrons. The summed E-state index contributed by atoms with van der Waals surface area (Å²) in [6.45, 7) is 3.66. The van der Waals surface area contributed by atoms with Gasteiger partial charge >= 0.3 is 0 Å². The molecular weight excluding hydrogens is 188 g/mol. The van der Waals surface area contributed by atoms with Crippen molar-refractivity contribution < 1.29 is 4.79 Å². The van der Waals surface area contributed by atoms with Gasteiger partial charge in [0.1, 0.15) is 5.15 Å². The molecule has 0 radical (unpaired) electrons. The standard InChI is InChI=1S/C9H9ClN2O/c1-9(2)7-5(11-8(9)13)3-4-6(10)12-7/h3-4H,1-2H3,(H,11,13). The molecule has 4 heteroatoms. The normalized spacial score (nSPS) is 18.2. The number of nitrogens with one attached hydrogen (secondary N) is 1. The van der Waals surface area contributed by atoms with E-state index in [-0.39, 0.29) is 5.91 Å². The van der Waals surface area contributed by atoms with E-state index in [2.05, 4.69) is 10.3 Å². The largest absolute Gasteiger partial charge is 0.324 e. The van der Waals surface area contributed by atoms with E-state index in [0.29, 0.717) is 5.15 Å². The number of amides is 1. The van der Waals surface area contributed by atoms with Gasteiger partial charge in [-0.2, -0.15) is 0 Å². The Kier molecular flexibility index (Phi) is 1.60. The minimum absolute atomic E-state index is 0.0303. The lowest BCUT2D eigenvalue weighted by Crippen LogP contribution is -2.27. The van der Waals surface area contributed by atoms with Crippen LogP contribution in [0.25, 0.3) is 0 Å². The molecule has 1 aromatic rings. The molecule has 0 spiro atoms. The van der Waals surface area contributed by atoms with Crippen molar-refractivity contribution in [1.82, 2.24) is 4.98 Å². The maximum absolute atomic E-state index is 11.5. The maximum atomic E-state index is 11.5. The molecule has 1 aromatic heterocycles. The van der Waals surface area contributed by atoms with Crippen LogP contribution in [0.2, 0.25) is 5.15 Å². The molecule has 2 rings (SSSR count). The van der Waals surface area contributed by atoms with Crippen LogP contribution in [0.3, 0.4) is 0 Å². The zero-order valence-corrected chi connectivity index (χ0v) is 8.14. The highest BCUT2D eigenvalue weighted by Crippen LogP contribution is 2.36. The molecule has 0 saturated heterocycles. The van der Waals surface area contributed by atoms with Gasteiger partial charge in [-0.3, -0.25) is 4.79 Å². The smallest absolute Gasteiger partial charge is 0.236 e. The number of carbonyl (C=O) groups is 1. The highest BCUT2D eigenvalue weighted by atomic mass is 35.5. The lowest BCUT2D eigenvalue weighted by molar-refractivity contribution is -0.119. The SMILES string of the molecule is CC1(C)C(=O)Nc2ccc(Cl)nc21. The Hall–Kier alpha value is -1.09.